The van der Waals surface area contributed by atoms with E-state index >= 15 is 0 Å². The Balaban J connectivity index is 2.06. The van der Waals surface area contributed by atoms with Crippen LogP contribution in [0.25, 0.3) is 0 Å². The summed E-state index contributed by atoms with van der Waals surface area (Å²) >= 11 is 0. The quantitative estimate of drug-likeness (QED) is 0.854. The third-order valence-electron chi connectivity index (χ3n) is 4.10. The van der Waals surface area contributed by atoms with E-state index in [2.05, 4.69) is 47.4 Å². The number of nitrogens with zero attached hydrogens (tertiary/aromatic N) is 2. The van der Waals surface area contributed by atoms with Gasteiger partial charge in [0, 0.05) is 37.8 Å². The average molecular weight is 277 g/mol. The number of likely N-dealkylation sites (tertiary alicyclic amines) is 1. The molecular weight excluding hydrogens is 250 g/mol. The standard InChI is InChI=1S/C16H27N3O/c1-17-10-13-5-6-16(20-4)14(9-13)11-19-8-7-15(12-19)18(2)3/h5-6,9,15,17H,7-8,10-12H2,1-4H3. The summed E-state index contributed by atoms with van der Waals surface area (Å²) < 4.78 is 5.51. The Morgan fingerprint density at radius 2 is 2.20 bits per heavy atom. The number of hydrogen-bond donors (Lipinski definition) is 1. The van der Waals surface area contributed by atoms with Crippen molar-refractivity contribution < 1.29 is 4.74 Å². The largest absolute Gasteiger partial charge is 0.496 e. The van der Waals surface area contributed by atoms with E-state index < -0.39 is 0 Å². The number of ether oxygens (including phenoxy) is 1. The fourth-order valence-corrected chi connectivity index (χ4v) is 2.89. The monoisotopic (exact) mass is 277 g/mol. The summed E-state index contributed by atoms with van der Waals surface area (Å²) in [5, 5.41) is 3.20. The van der Waals surface area contributed by atoms with Gasteiger partial charge in [-0.15, -0.1) is 0 Å². The first kappa shape index (κ1) is 15.3. The second kappa shape index (κ2) is 7.07. The highest BCUT2D eigenvalue weighted by Gasteiger charge is 2.24. The lowest BCUT2D eigenvalue weighted by Gasteiger charge is -2.21. The van der Waals surface area contributed by atoms with Gasteiger partial charge in [0.05, 0.1) is 7.11 Å². The maximum absolute atomic E-state index is 5.51. The molecule has 0 aromatic heterocycles. The van der Waals surface area contributed by atoms with Crippen LogP contribution in [-0.4, -0.2) is 57.2 Å². The number of benzene rings is 1. The highest BCUT2D eigenvalue weighted by Crippen LogP contribution is 2.24. The van der Waals surface area contributed by atoms with Crippen LogP contribution in [0.4, 0.5) is 0 Å². The molecule has 1 aliphatic rings. The first-order valence-corrected chi connectivity index (χ1v) is 7.33. The van der Waals surface area contributed by atoms with Gasteiger partial charge in [-0.25, -0.2) is 0 Å². The molecule has 0 saturated carbocycles. The van der Waals surface area contributed by atoms with Crippen molar-refractivity contribution in [1.29, 1.82) is 0 Å². The lowest BCUT2D eigenvalue weighted by molar-refractivity contribution is 0.262. The average Bonchev–Trinajstić information content (AvgIpc) is 2.88. The van der Waals surface area contributed by atoms with Crippen molar-refractivity contribution in [3.05, 3.63) is 29.3 Å². The SMILES string of the molecule is CNCc1ccc(OC)c(CN2CCC(N(C)C)C2)c1. The van der Waals surface area contributed by atoms with E-state index in [9.17, 15) is 0 Å². The molecule has 1 fully saturated rings. The smallest absolute Gasteiger partial charge is 0.123 e. The third kappa shape index (κ3) is 3.72. The summed E-state index contributed by atoms with van der Waals surface area (Å²) in [6, 6.07) is 7.16. The van der Waals surface area contributed by atoms with Crippen LogP contribution >= 0.6 is 0 Å². The van der Waals surface area contributed by atoms with Gasteiger partial charge >= 0.3 is 0 Å². The molecule has 0 radical (unpaired) electrons. The van der Waals surface area contributed by atoms with Crippen molar-refractivity contribution in [2.75, 3.05) is 41.3 Å². The maximum atomic E-state index is 5.51. The molecule has 0 bridgehead atoms. The van der Waals surface area contributed by atoms with Crippen molar-refractivity contribution in [3.8, 4) is 5.75 Å². The molecule has 1 heterocycles. The first-order valence-electron chi connectivity index (χ1n) is 7.33. The summed E-state index contributed by atoms with van der Waals surface area (Å²) in [7, 11) is 8.07. The van der Waals surface area contributed by atoms with Crippen LogP contribution < -0.4 is 10.1 Å². The normalized spacial score (nSPS) is 19.8. The van der Waals surface area contributed by atoms with E-state index in [1.165, 1.54) is 24.1 Å². The molecule has 0 spiro atoms. The fraction of sp³-hybridized carbons (Fsp3) is 0.625. The third-order valence-corrected chi connectivity index (χ3v) is 4.10. The lowest BCUT2D eigenvalue weighted by Crippen LogP contribution is -2.31. The van der Waals surface area contributed by atoms with Crippen molar-refractivity contribution in [2.24, 2.45) is 0 Å². The van der Waals surface area contributed by atoms with E-state index in [0.29, 0.717) is 6.04 Å². The topological polar surface area (TPSA) is 27.7 Å². The summed E-state index contributed by atoms with van der Waals surface area (Å²) in [6.45, 7) is 4.19. The van der Waals surface area contributed by atoms with E-state index in [0.717, 1.165) is 25.4 Å². The summed E-state index contributed by atoms with van der Waals surface area (Å²) in [5.74, 6) is 0.998. The zero-order valence-electron chi connectivity index (χ0n) is 13.1. The highest BCUT2D eigenvalue weighted by molar-refractivity contribution is 5.37. The Bertz CT molecular complexity index is 434. The Kier molecular flexibility index (Phi) is 5.40. The number of hydrogen-bond acceptors (Lipinski definition) is 4. The second-order valence-electron chi connectivity index (χ2n) is 5.82. The van der Waals surface area contributed by atoms with E-state index in [4.69, 9.17) is 4.74 Å². The van der Waals surface area contributed by atoms with Crippen LogP contribution in [0.15, 0.2) is 18.2 Å². The number of methoxy groups -OCH3 is 1. The molecule has 1 aromatic carbocycles. The number of nitrogens with one attached hydrogen (secondary N) is 1. The van der Waals surface area contributed by atoms with Crippen LogP contribution in [0.3, 0.4) is 0 Å². The van der Waals surface area contributed by atoms with E-state index in [1.807, 2.05) is 7.05 Å². The zero-order chi connectivity index (χ0) is 14.5. The highest BCUT2D eigenvalue weighted by atomic mass is 16.5. The summed E-state index contributed by atoms with van der Waals surface area (Å²) in [6.07, 6.45) is 1.26. The van der Waals surface area contributed by atoms with E-state index in [-0.39, 0.29) is 0 Å². The Hall–Kier alpha value is -1.10. The summed E-state index contributed by atoms with van der Waals surface area (Å²) in [4.78, 5) is 4.85. The molecule has 1 N–H and O–H groups in total. The predicted octanol–water partition coefficient (Wildman–Crippen LogP) is 1.55. The molecule has 1 aromatic rings. The molecule has 4 nitrogen and oxygen atoms in total. The van der Waals surface area contributed by atoms with Crippen LogP contribution in [0.1, 0.15) is 17.5 Å². The number of rotatable bonds is 6. The lowest BCUT2D eigenvalue weighted by atomic mass is 10.1. The van der Waals surface area contributed by atoms with Crippen molar-refractivity contribution >= 4 is 0 Å². The molecule has 4 heteroatoms. The Morgan fingerprint density at radius 3 is 2.80 bits per heavy atom. The minimum Gasteiger partial charge on any atom is -0.496 e. The van der Waals surface area contributed by atoms with Gasteiger partial charge < -0.3 is 15.0 Å². The first-order chi connectivity index (χ1) is 9.63. The van der Waals surface area contributed by atoms with Gasteiger partial charge in [-0.05, 0) is 45.3 Å². The molecule has 1 aliphatic heterocycles. The molecule has 1 atom stereocenters. The summed E-state index contributed by atoms with van der Waals surface area (Å²) in [5.41, 5.74) is 2.60. The van der Waals surface area contributed by atoms with Crippen LogP contribution in [-0.2, 0) is 13.1 Å². The fourth-order valence-electron chi connectivity index (χ4n) is 2.89. The van der Waals surface area contributed by atoms with Gasteiger partial charge in [-0.1, -0.05) is 6.07 Å². The molecule has 1 unspecified atom stereocenters. The van der Waals surface area contributed by atoms with Gasteiger partial charge in [0.15, 0.2) is 0 Å². The Morgan fingerprint density at radius 1 is 1.40 bits per heavy atom. The minimum atomic E-state index is 0.682. The number of likely N-dealkylation sites (N-methyl/N-ethyl adjacent to an activating group) is 1. The molecular formula is C16H27N3O. The van der Waals surface area contributed by atoms with Crippen LogP contribution in [0, 0.1) is 0 Å². The molecule has 1 saturated heterocycles. The van der Waals surface area contributed by atoms with Crippen molar-refractivity contribution in [3.63, 3.8) is 0 Å². The molecule has 0 amide bonds. The minimum absolute atomic E-state index is 0.682. The van der Waals surface area contributed by atoms with Crippen LogP contribution in [0.2, 0.25) is 0 Å². The van der Waals surface area contributed by atoms with Gasteiger partial charge in [-0.3, -0.25) is 4.90 Å². The Labute approximate surface area is 122 Å². The maximum Gasteiger partial charge on any atom is 0.123 e. The van der Waals surface area contributed by atoms with Crippen LogP contribution in [0.5, 0.6) is 5.75 Å². The van der Waals surface area contributed by atoms with Crippen molar-refractivity contribution in [1.82, 2.24) is 15.1 Å². The molecule has 20 heavy (non-hydrogen) atoms. The van der Waals surface area contributed by atoms with Gasteiger partial charge in [0.25, 0.3) is 0 Å². The molecule has 112 valence electrons. The van der Waals surface area contributed by atoms with E-state index in [1.54, 1.807) is 7.11 Å². The predicted molar refractivity (Wildman–Crippen MR) is 83.1 cm³/mol. The van der Waals surface area contributed by atoms with Gasteiger partial charge in [0.2, 0.25) is 0 Å². The zero-order valence-corrected chi connectivity index (χ0v) is 13.1. The molecule has 2 rings (SSSR count). The molecule has 0 aliphatic carbocycles. The second-order valence-corrected chi connectivity index (χ2v) is 5.82. The van der Waals surface area contributed by atoms with Crippen molar-refractivity contribution in [2.45, 2.75) is 25.6 Å². The van der Waals surface area contributed by atoms with Gasteiger partial charge in [0.1, 0.15) is 5.75 Å². The van der Waals surface area contributed by atoms with Gasteiger partial charge in [-0.2, -0.15) is 0 Å².